The molecule has 3 aromatic carbocycles. The fourth-order valence-electron chi connectivity index (χ4n) is 5.94. The number of ether oxygens (including phenoxy) is 1. The van der Waals surface area contributed by atoms with Crippen LogP contribution in [0.3, 0.4) is 0 Å². The van der Waals surface area contributed by atoms with Crippen LogP contribution in [0.4, 0.5) is 5.69 Å². The zero-order chi connectivity index (χ0) is 25.8. The van der Waals surface area contributed by atoms with Gasteiger partial charge in [0.05, 0.1) is 25.8 Å². The minimum absolute atomic E-state index is 0.0285. The normalized spacial score (nSPS) is 20.8. The summed E-state index contributed by atoms with van der Waals surface area (Å²) in [6, 6.07) is 24.9. The van der Waals surface area contributed by atoms with Crippen molar-refractivity contribution >= 4 is 23.3 Å². The van der Waals surface area contributed by atoms with E-state index >= 15 is 0 Å². The number of anilines is 1. The third-order valence-corrected chi connectivity index (χ3v) is 7.76. The second-order valence-electron chi connectivity index (χ2n) is 9.90. The molecular weight excluding hydrogens is 464 g/mol. The number of carbonyl (C=O) groups is 3. The van der Waals surface area contributed by atoms with Crippen LogP contribution < -0.4 is 15.0 Å². The van der Waals surface area contributed by atoms with Gasteiger partial charge in [0.2, 0.25) is 5.91 Å². The highest BCUT2D eigenvalue weighted by molar-refractivity contribution is 6.00. The van der Waals surface area contributed by atoms with Crippen LogP contribution >= 0.6 is 0 Å². The van der Waals surface area contributed by atoms with Crippen LogP contribution in [0.25, 0.3) is 0 Å². The van der Waals surface area contributed by atoms with Crippen molar-refractivity contribution in [2.24, 2.45) is 17.8 Å². The molecule has 3 aromatic rings. The van der Waals surface area contributed by atoms with Gasteiger partial charge in [0, 0.05) is 17.5 Å². The molecule has 0 radical (unpaired) electrons. The lowest BCUT2D eigenvalue weighted by molar-refractivity contribution is -0.128. The Morgan fingerprint density at radius 2 is 1.68 bits per heavy atom. The molecule has 1 saturated carbocycles. The Morgan fingerprint density at radius 3 is 2.49 bits per heavy atom. The minimum Gasteiger partial charge on any atom is -0.496 e. The standard InChI is InChI=1S/C31H32N2O4/c1-37-29-17-8-6-13-25(29)30(35)32-19-28(34)26-18-22-12-5-7-16-27(22)33(20-21-10-3-2-4-11-21)31(36)24-15-9-14-23(24)26/h2-8,10-13,16-17,23-24,26H,9,14-15,18-20H2,1H3,(H,32,35). The fourth-order valence-corrected chi connectivity index (χ4v) is 5.94. The first-order valence-corrected chi connectivity index (χ1v) is 12.9. The predicted octanol–water partition coefficient (Wildman–Crippen LogP) is 4.82. The van der Waals surface area contributed by atoms with Crippen LogP contribution in [0.1, 0.15) is 40.7 Å². The topological polar surface area (TPSA) is 75.7 Å². The number of rotatable bonds is 7. The number of hydrogen-bond acceptors (Lipinski definition) is 4. The first kappa shape index (κ1) is 24.8. The third-order valence-electron chi connectivity index (χ3n) is 7.76. The van der Waals surface area contributed by atoms with E-state index in [4.69, 9.17) is 4.74 Å². The van der Waals surface area contributed by atoms with E-state index in [0.29, 0.717) is 24.3 Å². The Labute approximate surface area is 217 Å². The van der Waals surface area contributed by atoms with Gasteiger partial charge >= 0.3 is 0 Å². The van der Waals surface area contributed by atoms with E-state index < -0.39 is 0 Å². The summed E-state index contributed by atoms with van der Waals surface area (Å²) in [4.78, 5) is 42.3. The summed E-state index contributed by atoms with van der Waals surface area (Å²) in [6.45, 7) is 0.433. The van der Waals surface area contributed by atoms with Crippen molar-refractivity contribution in [1.82, 2.24) is 5.32 Å². The second kappa shape index (κ2) is 11.0. The van der Waals surface area contributed by atoms with Crippen molar-refractivity contribution in [1.29, 1.82) is 0 Å². The molecule has 37 heavy (non-hydrogen) atoms. The quantitative estimate of drug-likeness (QED) is 0.509. The Morgan fingerprint density at radius 1 is 0.946 bits per heavy atom. The lowest BCUT2D eigenvalue weighted by atomic mass is 9.75. The molecule has 1 heterocycles. The van der Waals surface area contributed by atoms with Gasteiger partial charge in [-0.1, -0.05) is 67.1 Å². The highest BCUT2D eigenvalue weighted by Crippen LogP contribution is 2.44. The summed E-state index contributed by atoms with van der Waals surface area (Å²) in [5.41, 5.74) is 3.34. The molecule has 1 fully saturated rings. The summed E-state index contributed by atoms with van der Waals surface area (Å²) >= 11 is 0. The van der Waals surface area contributed by atoms with Crippen LogP contribution in [0.15, 0.2) is 78.9 Å². The zero-order valence-corrected chi connectivity index (χ0v) is 21.1. The summed E-state index contributed by atoms with van der Waals surface area (Å²) < 4.78 is 5.29. The summed E-state index contributed by atoms with van der Waals surface area (Å²) in [5, 5.41) is 2.80. The number of hydrogen-bond donors (Lipinski definition) is 1. The number of methoxy groups -OCH3 is 1. The maximum Gasteiger partial charge on any atom is 0.255 e. The molecule has 0 saturated heterocycles. The number of Topliss-reactive ketones (excluding diaryl/α,β-unsaturated/α-hetero) is 1. The molecular formula is C31H32N2O4. The number of nitrogens with one attached hydrogen (secondary N) is 1. The van der Waals surface area contributed by atoms with Gasteiger partial charge in [-0.2, -0.15) is 0 Å². The number of ketones is 1. The number of fused-ring (bicyclic) bond motifs is 2. The van der Waals surface area contributed by atoms with Crippen LogP contribution in [-0.4, -0.2) is 31.3 Å². The molecule has 0 spiro atoms. The van der Waals surface area contributed by atoms with Gasteiger partial charge in [-0.3, -0.25) is 14.4 Å². The molecule has 190 valence electrons. The number of benzene rings is 3. The van der Waals surface area contributed by atoms with Gasteiger partial charge in [-0.15, -0.1) is 0 Å². The smallest absolute Gasteiger partial charge is 0.255 e. The van der Waals surface area contributed by atoms with Gasteiger partial charge in [0.1, 0.15) is 5.75 Å². The molecule has 5 rings (SSSR count). The van der Waals surface area contributed by atoms with Gasteiger partial charge in [-0.05, 0) is 54.5 Å². The molecule has 0 aromatic heterocycles. The van der Waals surface area contributed by atoms with Crippen LogP contribution in [-0.2, 0) is 22.6 Å². The molecule has 1 N–H and O–H groups in total. The van der Waals surface area contributed by atoms with E-state index in [1.54, 1.807) is 24.3 Å². The van der Waals surface area contributed by atoms with Crippen molar-refractivity contribution < 1.29 is 19.1 Å². The highest BCUT2D eigenvalue weighted by atomic mass is 16.5. The molecule has 1 aliphatic heterocycles. The lowest BCUT2D eigenvalue weighted by Gasteiger charge is -2.36. The van der Waals surface area contributed by atoms with E-state index in [2.05, 4.69) is 5.32 Å². The maximum atomic E-state index is 14.0. The van der Waals surface area contributed by atoms with Gasteiger partial charge in [0.25, 0.3) is 5.91 Å². The average molecular weight is 497 g/mol. The van der Waals surface area contributed by atoms with Crippen LogP contribution in [0.5, 0.6) is 5.75 Å². The van der Waals surface area contributed by atoms with E-state index in [1.807, 2.05) is 59.5 Å². The molecule has 3 atom stereocenters. The number of para-hydroxylation sites is 2. The lowest BCUT2D eigenvalue weighted by Crippen LogP contribution is -2.45. The summed E-state index contributed by atoms with van der Waals surface area (Å²) in [6.07, 6.45) is 3.11. The number of amides is 2. The van der Waals surface area contributed by atoms with Crippen molar-refractivity contribution in [3.63, 3.8) is 0 Å². The molecule has 6 heteroatoms. The first-order chi connectivity index (χ1) is 18.1. The Balaban J connectivity index is 1.40. The van der Waals surface area contributed by atoms with Crippen molar-refractivity contribution in [3.05, 3.63) is 95.6 Å². The van der Waals surface area contributed by atoms with Gasteiger partial charge in [-0.25, -0.2) is 0 Å². The van der Waals surface area contributed by atoms with E-state index in [9.17, 15) is 14.4 Å². The number of nitrogens with zero attached hydrogens (tertiary/aromatic N) is 1. The monoisotopic (exact) mass is 496 g/mol. The Hall–Kier alpha value is -3.93. The summed E-state index contributed by atoms with van der Waals surface area (Å²) in [7, 11) is 1.52. The average Bonchev–Trinajstić information content (AvgIpc) is 3.42. The predicted molar refractivity (Wildman–Crippen MR) is 142 cm³/mol. The minimum atomic E-state index is -0.342. The highest BCUT2D eigenvalue weighted by Gasteiger charge is 2.44. The van der Waals surface area contributed by atoms with Crippen LogP contribution in [0.2, 0.25) is 0 Å². The Bertz CT molecular complexity index is 1290. The van der Waals surface area contributed by atoms with E-state index in [-0.39, 0.29) is 41.9 Å². The van der Waals surface area contributed by atoms with E-state index in [0.717, 1.165) is 36.1 Å². The summed E-state index contributed by atoms with van der Waals surface area (Å²) in [5.74, 6) is -0.369. The molecule has 3 unspecified atom stereocenters. The SMILES string of the molecule is COc1ccccc1C(=O)NCC(=O)C1Cc2ccccc2N(Cc2ccccc2)C(=O)C2CCCC12. The molecule has 2 aliphatic rings. The number of carbonyl (C=O) groups excluding carboxylic acids is 3. The third kappa shape index (κ3) is 5.15. The van der Waals surface area contributed by atoms with Gasteiger partial charge in [0.15, 0.2) is 5.78 Å². The largest absolute Gasteiger partial charge is 0.496 e. The van der Waals surface area contributed by atoms with Crippen LogP contribution in [0, 0.1) is 17.8 Å². The molecule has 6 nitrogen and oxygen atoms in total. The van der Waals surface area contributed by atoms with Gasteiger partial charge < -0.3 is 15.0 Å². The zero-order valence-electron chi connectivity index (χ0n) is 21.1. The maximum absolute atomic E-state index is 14.0. The molecule has 2 amide bonds. The van der Waals surface area contributed by atoms with Crippen molar-refractivity contribution in [2.75, 3.05) is 18.6 Å². The van der Waals surface area contributed by atoms with E-state index in [1.165, 1.54) is 7.11 Å². The van der Waals surface area contributed by atoms with Crippen molar-refractivity contribution in [3.8, 4) is 5.75 Å². The molecule has 1 aliphatic carbocycles. The Kier molecular flexibility index (Phi) is 7.35. The molecule has 0 bridgehead atoms. The van der Waals surface area contributed by atoms with Crippen molar-refractivity contribution in [2.45, 2.75) is 32.2 Å². The second-order valence-corrected chi connectivity index (χ2v) is 9.90. The fraction of sp³-hybridized carbons (Fsp3) is 0.323. The first-order valence-electron chi connectivity index (χ1n) is 12.9.